The van der Waals surface area contributed by atoms with Crippen molar-refractivity contribution >= 4 is 5.70 Å². The summed E-state index contributed by atoms with van der Waals surface area (Å²) in [6, 6.07) is 7.95. The molecule has 3 rings (SSSR count). The standard InChI is InChI=1S/C13H9N3/c1-2-8-12-13(16-14-9-5-1)10-6-3-4-7-11(10)15-12/h1-9H/b2-1-,5-1?,8-2?,9-5-,12-8+,14-9?,16-13?,16-14?. The second-order valence-corrected chi connectivity index (χ2v) is 3.47. The molecule has 2 heterocycles. The summed E-state index contributed by atoms with van der Waals surface area (Å²) in [5.41, 5.74) is 1.71. The van der Waals surface area contributed by atoms with E-state index in [1.807, 2.05) is 48.6 Å². The highest BCUT2D eigenvalue weighted by molar-refractivity contribution is 5.65. The van der Waals surface area contributed by atoms with Crippen molar-refractivity contribution in [3.05, 3.63) is 71.0 Å². The first-order valence-corrected chi connectivity index (χ1v) is 5.08. The van der Waals surface area contributed by atoms with E-state index in [-0.39, 0.29) is 0 Å². The van der Waals surface area contributed by atoms with Gasteiger partial charge in [-0.15, -0.1) is 5.11 Å². The second kappa shape index (κ2) is 3.70. The Morgan fingerprint density at radius 1 is 0.938 bits per heavy atom. The van der Waals surface area contributed by atoms with Gasteiger partial charge in [0, 0.05) is 11.4 Å². The van der Waals surface area contributed by atoms with Crippen LogP contribution in [0.15, 0.2) is 75.7 Å². The van der Waals surface area contributed by atoms with E-state index >= 15 is 0 Å². The Hall–Kier alpha value is -2.29. The van der Waals surface area contributed by atoms with Crippen molar-refractivity contribution in [2.45, 2.75) is 0 Å². The van der Waals surface area contributed by atoms with Crippen molar-refractivity contribution in [3.63, 3.8) is 0 Å². The Kier molecular flexibility index (Phi) is 2.07. The zero-order chi connectivity index (χ0) is 10.8. The Labute approximate surface area is 92.6 Å². The first-order chi connectivity index (χ1) is 7.95. The lowest BCUT2D eigenvalue weighted by Crippen LogP contribution is -2.21. The molecule has 16 heavy (non-hydrogen) atoms. The Morgan fingerprint density at radius 3 is 2.88 bits per heavy atom. The molecule has 0 fully saturated rings. The fourth-order valence-electron chi connectivity index (χ4n) is 1.70. The van der Waals surface area contributed by atoms with Gasteiger partial charge >= 0.3 is 0 Å². The summed E-state index contributed by atoms with van der Waals surface area (Å²) >= 11 is 0. The molecule has 0 N–H and O–H groups in total. The van der Waals surface area contributed by atoms with Crippen LogP contribution in [0, 0.1) is 0 Å². The smallest absolute Gasteiger partial charge is 0.121 e. The van der Waals surface area contributed by atoms with Crippen LogP contribution in [0.4, 0.5) is 0 Å². The average Bonchev–Trinajstić information content (AvgIpc) is 2.69. The predicted octanol–water partition coefficient (Wildman–Crippen LogP) is 1.85. The van der Waals surface area contributed by atoms with Crippen LogP contribution in [0.3, 0.4) is 0 Å². The van der Waals surface area contributed by atoms with Gasteiger partial charge < -0.3 is 0 Å². The van der Waals surface area contributed by atoms with E-state index in [2.05, 4.69) is 15.2 Å². The molecular formula is C13H9N3. The number of fused-ring (bicyclic) bond motifs is 2. The van der Waals surface area contributed by atoms with Crippen molar-refractivity contribution in [3.8, 4) is 0 Å². The number of hydrogen-bond acceptors (Lipinski definition) is 3. The molecule has 0 aromatic heterocycles. The number of nitrogens with zero attached hydrogens (tertiary/aromatic N) is 3. The zero-order valence-electron chi connectivity index (χ0n) is 8.54. The minimum atomic E-state index is 0.840. The summed E-state index contributed by atoms with van der Waals surface area (Å²) in [5.74, 6) is 0. The fourth-order valence-corrected chi connectivity index (χ4v) is 1.70. The first-order valence-electron chi connectivity index (χ1n) is 5.08. The van der Waals surface area contributed by atoms with Gasteiger partial charge in [0.05, 0.1) is 11.1 Å². The van der Waals surface area contributed by atoms with Gasteiger partial charge in [0.2, 0.25) is 0 Å². The van der Waals surface area contributed by atoms with Gasteiger partial charge in [-0.1, -0.05) is 30.4 Å². The Bertz CT molecular complexity index is 661. The molecule has 76 valence electrons. The maximum absolute atomic E-state index is 4.51. The van der Waals surface area contributed by atoms with Crippen LogP contribution in [0.1, 0.15) is 0 Å². The zero-order valence-corrected chi connectivity index (χ0v) is 8.54. The van der Waals surface area contributed by atoms with Gasteiger partial charge in [0.15, 0.2) is 0 Å². The maximum Gasteiger partial charge on any atom is 0.121 e. The van der Waals surface area contributed by atoms with E-state index in [1.54, 1.807) is 6.20 Å². The number of hydrogen-bond donors (Lipinski definition) is 0. The van der Waals surface area contributed by atoms with Crippen LogP contribution in [-0.4, -0.2) is 0 Å². The number of para-hydroxylation sites is 1. The molecule has 2 aliphatic rings. The summed E-state index contributed by atoms with van der Waals surface area (Å²) < 4.78 is 0. The van der Waals surface area contributed by atoms with Crippen molar-refractivity contribution in [1.82, 2.24) is 0 Å². The van der Waals surface area contributed by atoms with Crippen LogP contribution < -0.4 is 10.6 Å². The lowest BCUT2D eigenvalue weighted by Gasteiger charge is -1.92. The molecule has 0 atom stereocenters. The van der Waals surface area contributed by atoms with Crippen molar-refractivity contribution in [2.24, 2.45) is 15.2 Å². The molecule has 1 aromatic rings. The van der Waals surface area contributed by atoms with Gasteiger partial charge in [-0.05, 0) is 18.2 Å². The molecule has 0 saturated carbocycles. The topological polar surface area (TPSA) is 37.1 Å². The SMILES string of the molecule is C1=C\C=C2\N=c3ccccc3=C2N=N\C=C/1. The molecule has 0 spiro atoms. The molecule has 3 nitrogen and oxygen atoms in total. The Balaban J connectivity index is 2.35. The largest absolute Gasteiger partial charge is 0.246 e. The van der Waals surface area contributed by atoms with E-state index in [0.717, 1.165) is 22.0 Å². The number of rotatable bonds is 0. The van der Waals surface area contributed by atoms with Crippen molar-refractivity contribution in [2.75, 3.05) is 0 Å². The minimum absolute atomic E-state index is 0.840. The maximum atomic E-state index is 4.51. The van der Waals surface area contributed by atoms with Crippen LogP contribution in [0.2, 0.25) is 0 Å². The molecule has 1 aromatic carbocycles. The molecule has 0 radical (unpaired) electrons. The van der Waals surface area contributed by atoms with Crippen LogP contribution in [0.25, 0.3) is 5.70 Å². The van der Waals surface area contributed by atoms with Crippen molar-refractivity contribution in [1.29, 1.82) is 0 Å². The normalized spacial score (nSPS) is 24.0. The highest BCUT2D eigenvalue weighted by atomic mass is 15.1. The monoisotopic (exact) mass is 207 g/mol. The molecular weight excluding hydrogens is 198 g/mol. The molecule has 0 aliphatic carbocycles. The molecule has 3 heteroatoms. The van der Waals surface area contributed by atoms with Crippen LogP contribution >= 0.6 is 0 Å². The fraction of sp³-hybridized carbons (Fsp3) is 0. The van der Waals surface area contributed by atoms with Crippen LogP contribution in [-0.2, 0) is 0 Å². The van der Waals surface area contributed by atoms with Gasteiger partial charge in [0.1, 0.15) is 5.70 Å². The lowest BCUT2D eigenvalue weighted by atomic mass is 10.2. The third-order valence-electron chi connectivity index (χ3n) is 2.43. The van der Waals surface area contributed by atoms with E-state index in [9.17, 15) is 0 Å². The van der Waals surface area contributed by atoms with Crippen molar-refractivity contribution < 1.29 is 0 Å². The third kappa shape index (κ3) is 1.42. The van der Waals surface area contributed by atoms with Crippen LogP contribution in [0.5, 0.6) is 0 Å². The molecule has 0 bridgehead atoms. The molecule has 0 saturated heterocycles. The summed E-state index contributed by atoms with van der Waals surface area (Å²) in [7, 11) is 0. The van der Waals surface area contributed by atoms with Gasteiger partial charge in [-0.3, -0.25) is 0 Å². The minimum Gasteiger partial charge on any atom is -0.246 e. The summed E-state index contributed by atoms with van der Waals surface area (Å²) in [6.07, 6.45) is 9.31. The van der Waals surface area contributed by atoms with Gasteiger partial charge in [-0.2, -0.15) is 5.11 Å². The summed E-state index contributed by atoms with van der Waals surface area (Å²) in [5, 5.41) is 10.2. The molecule has 0 unspecified atom stereocenters. The number of allylic oxidation sites excluding steroid dienone is 4. The third-order valence-corrected chi connectivity index (χ3v) is 2.43. The second-order valence-electron chi connectivity index (χ2n) is 3.47. The quantitative estimate of drug-likeness (QED) is 0.622. The lowest BCUT2D eigenvalue weighted by molar-refractivity contribution is 1.22. The highest BCUT2D eigenvalue weighted by Crippen LogP contribution is 2.16. The predicted molar refractivity (Wildman–Crippen MR) is 61.9 cm³/mol. The van der Waals surface area contributed by atoms with E-state index < -0.39 is 0 Å². The molecule has 0 amide bonds. The Morgan fingerprint density at radius 2 is 1.88 bits per heavy atom. The summed E-state index contributed by atoms with van der Waals surface area (Å²) in [4.78, 5) is 4.51. The first kappa shape index (κ1) is 8.97. The van der Waals surface area contributed by atoms with Gasteiger partial charge in [0.25, 0.3) is 0 Å². The average molecular weight is 207 g/mol. The highest BCUT2D eigenvalue weighted by Gasteiger charge is 2.11. The summed E-state index contributed by atoms with van der Waals surface area (Å²) in [6.45, 7) is 0. The van der Waals surface area contributed by atoms with Gasteiger partial charge in [-0.25, -0.2) is 4.99 Å². The number of benzene rings is 1. The number of azo groups is 1. The molecule has 2 aliphatic heterocycles. The van der Waals surface area contributed by atoms with E-state index in [0.29, 0.717) is 0 Å². The van der Waals surface area contributed by atoms with E-state index in [1.165, 1.54) is 0 Å². The van der Waals surface area contributed by atoms with E-state index in [4.69, 9.17) is 0 Å².